The third kappa shape index (κ3) is 3.21. The number of anilines is 2. The second-order valence-corrected chi connectivity index (χ2v) is 5.17. The molecule has 1 N–H and O–H groups in total. The van der Waals surface area contributed by atoms with Gasteiger partial charge >= 0.3 is 0 Å². The second kappa shape index (κ2) is 5.67. The van der Waals surface area contributed by atoms with Gasteiger partial charge in [-0.1, -0.05) is 24.6 Å². The molecule has 0 fully saturated rings. The third-order valence-electron chi connectivity index (χ3n) is 2.44. The SMILES string of the molecule is CCc1nc(Br)cc(Nc2ccc(C)cc2Cl)n1. The second-order valence-electron chi connectivity index (χ2n) is 3.95. The van der Waals surface area contributed by atoms with E-state index < -0.39 is 0 Å². The molecule has 1 heterocycles. The molecule has 0 unspecified atom stereocenters. The van der Waals surface area contributed by atoms with E-state index in [1.54, 1.807) is 0 Å². The highest BCUT2D eigenvalue weighted by atomic mass is 79.9. The Labute approximate surface area is 120 Å². The Morgan fingerprint density at radius 2 is 2.06 bits per heavy atom. The van der Waals surface area contributed by atoms with E-state index in [1.807, 2.05) is 38.1 Å². The fourth-order valence-corrected chi connectivity index (χ4v) is 2.25. The van der Waals surface area contributed by atoms with Gasteiger partial charge in [0.15, 0.2) is 0 Å². The molecule has 0 radical (unpaired) electrons. The minimum absolute atomic E-state index is 0.683. The van der Waals surface area contributed by atoms with Gasteiger partial charge in [0.05, 0.1) is 10.7 Å². The van der Waals surface area contributed by atoms with Gasteiger partial charge in [-0.25, -0.2) is 9.97 Å². The van der Waals surface area contributed by atoms with Crippen molar-refractivity contribution in [2.45, 2.75) is 20.3 Å². The van der Waals surface area contributed by atoms with Crippen LogP contribution in [0.4, 0.5) is 11.5 Å². The third-order valence-corrected chi connectivity index (χ3v) is 3.16. The molecule has 0 amide bonds. The Morgan fingerprint density at radius 3 is 2.72 bits per heavy atom. The van der Waals surface area contributed by atoms with E-state index >= 15 is 0 Å². The van der Waals surface area contributed by atoms with Gasteiger partial charge < -0.3 is 5.32 Å². The van der Waals surface area contributed by atoms with Crippen LogP contribution in [0.5, 0.6) is 0 Å². The average molecular weight is 327 g/mol. The first-order valence-corrected chi connectivity index (χ1v) is 6.82. The van der Waals surface area contributed by atoms with Crippen LogP contribution in [-0.2, 0) is 6.42 Å². The van der Waals surface area contributed by atoms with Crippen LogP contribution in [0.25, 0.3) is 0 Å². The molecule has 0 aliphatic rings. The number of hydrogen-bond donors (Lipinski definition) is 1. The number of hydrogen-bond acceptors (Lipinski definition) is 3. The molecule has 3 nitrogen and oxygen atoms in total. The monoisotopic (exact) mass is 325 g/mol. The lowest BCUT2D eigenvalue weighted by atomic mass is 10.2. The number of aryl methyl sites for hydroxylation is 2. The van der Waals surface area contributed by atoms with Crippen molar-refractivity contribution in [3.05, 3.63) is 45.3 Å². The quantitative estimate of drug-likeness (QED) is 0.843. The first kappa shape index (κ1) is 13.3. The van der Waals surface area contributed by atoms with Crippen molar-refractivity contribution in [2.24, 2.45) is 0 Å². The topological polar surface area (TPSA) is 37.8 Å². The zero-order valence-electron chi connectivity index (χ0n) is 10.2. The van der Waals surface area contributed by atoms with Crippen LogP contribution >= 0.6 is 27.5 Å². The lowest BCUT2D eigenvalue weighted by Crippen LogP contribution is -2.00. The van der Waals surface area contributed by atoms with Crippen LogP contribution < -0.4 is 5.32 Å². The first-order valence-electron chi connectivity index (χ1n) is 5.65. The van der Waals surface area contributed by atoms with Crippen LogP contribution in [0.1, 0.15) is 18.3 Å². The largest absolute Gasteiger partial charge is 0.339 e. The van der Waals surface area contributed by atoms with Gasteiger partial charge in [-0.05, 0) is 40.5 Å². The molecule has 0 saturated carbocycles. The van der Waals surface area contributed by atoms with Gasteiger partial charge in [-0.2, -0.15) is 0 Å². The minimum Gasteiger partial charge on any atom is -0.339 e. The highest BCUT2D eigenvalue weighted by molar-refractivity contribution is 9.10. The van der Waals surface area contributed by atoms with Crippen molar-refractivity contribution in [3.8, 4) is 0 Å². The van der Waals surface area contributed by atoms with Gasteiger partial charge in [0, 0.05) is 12.5 Å². The summed E-state index contributed by atoms with van der Waals surface area (Å²) in [5.74, 6) is 1.52. The highest BCUT2D eigenvalue weighted by Crippen LogP contribution is 2.26. The van der Waals surface area contributed by atoms with Crippen molar-refractivity contribution >= 4 is 39.0 Å². The van der Waals surface area contributed by atoms with Gasteiger partial charge in [0.1, 0.15) is 16.2 Å². The Morgan fingerprint density at radius 1 is 1.28 bits per heavy atom. The summed E-state index contributed by atoms with van der Waals surface area (Å²) >= 11 is 9.55. The van der Waals surface area contributed by atoms with E-state index in [0.717, 1.165) is 33.9 Å². The molecule has 0 spiro atoms. The van der Waals surface area contributed by atoms with Gasteiger partial charge in [0.2, 0.25) is 0 Å². The van der Waals surface area contributed by atoms with Gasteiger partial charge in [0.25, 0.3) is 0 Å². The summed E-state index contributed by atoms with van der Waals surface area (Å²) in [5.41, 5.74) is 1.97. The van der Waals surface area contributed by atoms with E-state index in [9.17, 15) is 0 Å². The van der Waals surface area contributed by atoms with Gasteiger partial charge in [-0.3, -0.25) is 0 Å². The molecule has 0 aliphatic heterocycles. The highest BCUT2D eigenvalue weighted by Gasteiger charge is 2.05. The molecule has 18 heavy (non-hydrogen) atoms. The molecule has 2 aromatic rings. The summed E-state index contributed by atoms with van der Waals surface area (Å²) in [6.07, 6.45) is 0.787. The van der Waals surface area contributed by atoms with E-state index in [2.05, 4.69) is 31.2 Å². The number of benzene rings is 1. The van der Waals surface area contributed by atoms with Crippen molar-refractivity contribution in [1.29, 1.82) is 0 Å². The maximum atomic E-state index is 6.18. The number of rotatable bonds is 3. The first-order chi connectivity index (χ1) is 8.58. The predicted molar refractivity (Wildman–Crippen MR) is 78.6 cm³/mol. The summed E-state index contributed by atoms with van der Waals surface area (Å²) in [4.78, 5) is 8.66. The van der Waals surface area contributed by atoms with Crippen LogP contribution in [0, 0.1) is 6.92 Å². The molecule has 0 bridgehead atoms. The molecule has 5 heteroatoms. The van der Waals surface area contributed by atoms with Crippen LogP contribution in [-0.4, -0.2) is 9.97 Å². The van der Waals surface area contributed by atoms with Crippen LogP contribution in [0.15, 0.2) is 28.9 Å². The number of aromatic nitrogens is 2. The fraction of sp³-hybridized carbons (Fsp3) is 0.231. The molecule has 0 aliphatic carbocycles. The summed E-state index contributed by atoms with van der Waals surface area (Å²) in [6.45, 7) is 4.02. The number of nitrogens with one attached hydrogen (secondary N) is 1. The molecular weight excluding hydrogens is 314 g/mol. The maximum absolute atomic E-state index is 6.18. The molecule has 0 saturated heterocycles. The van der Waals surface area contributed by atoms with Crippen molar-refractivity contribution in [3.63, 3.8) is 0 Å². The molecular formula is C13H13BrClN3. The molecule has 2 rings (SSSR count). The van der Waals surface area contributed by atoms with Crippen molar-refractivity contribution < 1.29 is 0 Å². The summed E-state index contributed by atoms with van der Waals surface area (Å²) in [6, 6.07) is 7.70. The van der Waals surface area contributed by atoms with Crippen molar-refractivity contribution in [2.75, 3.05) is 5.32 Å². The Hall–Kier alpha value is -1.13. The average Bonchev–Trinajstić information content (AvgIpc) is 2.32. The lowest BCUT2D eigenvalue weighted by Gasteiger charge is -2.09. The zero-order valence-corrected chi connectivity index (χ0v) is 12.5. The molecule has 94 valence electrons. The van der Waals surface area contributed by atoms with Crippen molar-refractivity contribution in [1.82, 2.24) is 9.97 Å². The minimum atomic E-state index is 0.683. The number of halogens is 2. The Bertz CT molecular complexity index is 572. The van der Waals surface area contributed by atoms with E-state index in [1.165, 1.54) is 0 Å². The molecule has 1 aromatic heterocycles. The molecule has 1 aromatic carbocycles. The van der Waals surface area contributed by atoms with E-state index in [4.69, 9.17) is 11.6 Å². The summed E-state index contributed by atoms with van der Waals surface area (Å²) in [7, 11) is 0. The molecule has 0 atom stereocenters. The standard InChI is InChI=1S/C13H13BrClN3/c1-3-12-17-11(14)7-13(18-12)16-10-5-4-8(2)6-9(10)15/h4-7H,3H2,1-2H3,(H,16,17,18). The summed E-state index contributed by atoms with van der Waals surface area (Å²) in [5, 5.41) is 3.89. The van der Waals surface area contributed by atoms with Gasteiger partial charge in [-0.15, -0.1) is 0 Å². The van der Waals surface area contributed by atoms with Crippen LogP contribution in [0.3, 0.4) is 0 Å². The van der Waals surface area contributed by atoms with E-state index in [0.29, 0.717) is 5.02 Å². The Kier molecular flexibility index (Phi) is 4.19. The zero-order chi connectivity index (χ0) is 13.1. The Balaban J connectivity index is 2.30. The fourth-order valence-electron chi connectivity index (χ4n) is 1.55. The van der Waals surface area contributed by atoms with E-state index in [-0.39, 0.29) is 0 Å². The maximum Gasteiger partial charge on any atom is 0.135 e. The smallest absolute Gasteiger partial charge is 0.135 e. The normalized spacial score (nSPS) is 10.4. The number of nitrogens with zero attached hydrogens (tertiary/aromatic N) is 2. The summed E-state index contributed by atoms with van der Waals surface area (Å²) < 4.78 is 0.764. The predicted octanol–water partition coefficient (Wildman–Crippen LogP) is 4.51. The van der Waals surface area contributed by atoms with Crippen LogP contribution in [0.2, 0.25) is 5.02 Å². The lowest BCUT2D eigenvalue weighted by molar-refractivity contribution is 0.931.